The van der Waals surface area contributed by atoms with Crippen LogP contribution in [0, 0.1) is 5.41 Å². The van der Waals surface area contributed by atoms with Crippen molar-refractivity contribution in [2.45, 2.75) is 18.4 Å². The highest BCUT2D eigenvalue weighted by Crippen LogP contribution is 2.31. The van der Waals surface area contributed by atoms with Crippen LogP contribution in [0.2, 0.25) is 0 Å². The summed E-state index contributed by atoms with van der Waals surface area (Å²) < 4.78 is 7.15. The lowest BCUT2D eigenvalue weighted by atomic mass is 9.98. The van der Waals surface area contributed by atoms with E-state index < -0.39 is 0 Å². The normalized spacial score (nSPS) is 16.9. The molecule has 2 rings (SSSR count). The third kappa shape index (κ3) is 2.46. The van der Waals surface area contributed by atoms with Gasteiger partial charge in [-0.05, 0) is 12.6 Å². The monoisotopic (exact) mass is 275 g/mol. The Morgan fingerprint density at radius 3 is 2.85 bits per heavy atom. The summed E-state index contributed by atoms with van der Waals surface area (Å²) in [6, 6.07) is 0.236. The molecule has 1 aliphatic heterocycles. The summed E-state index contributed by atoms with van der Waals surface area (Å²) in [7, 11) is 1.84. The van der Waals surface area contributed by atoms with Gasteiger partial charge in [0, 0.05) is 19.2 Å². The second-order valence-corrected chi connectivity index (χ2v) is 4.68. The number of nitrogens with two attached hydrogens (primary N) is 1. The molecular weight excluding hydrogens is 254 g/mol. The standard InChI is InChI=1S/C14H21N5O/c1-3-10(5-4-6-15)13-12(7-16)14(17-2)19(18-13)11-8-20-9-11/h3-4,6-7,10-11,16-17H,1,5,8-9,15H2,2H3/b6-4+,16-7?/t10-/m1/s1. The number of aromatic nitrogens is 2. The Morgan fingerprint density at radius 2 is 2.40 bits per heavy atom. The Balaban J connectivity index is 2.42. The maximum atomic E-state index is 7.68. The van der Waals surface area contributed by atoms with Gasteiger partial charge in [-0.15, -0.1) is 6.58 Å². The number of ether oxygens (including phenoxy) is 1. The molecule has 20 heavy (non-hydrogen) atoms. The number of nitrogens with one attached hydrogen (secondary N) is 2. The lowest BCUT2D eigenvalue weighted by molar-refractivity contribution is -0.0278. The van der Waals surface area contributed by atoms with Crippen LogP contribution in [0.3, 0.4) is 0 Å². The number of allylic oxidation sites excluding steroid dienone is 2. The Hall–Kier alpha value is -2.08. The fourth-order valence-electron chi connectivity index (χ4n) is 2.30. The molecule has 1 fully saturated rings. The van der Waals surface area contributed by atoms with Crippen molar-refractivity contribution in [3.63, 3.8) is 0 Å². The van der Waals surface area contributed by atoms with Crippen molar-refractivity contribution in [2.75, 3.05) is 25.6 Å². The summed E-state index contributed by atoms with van der Waals surface area (Å²) in [5.41, 5.74) is 7.06. The second-order valence-electron chi connectivity index (χ2n) is 4.68. The van der Waals surface area contributed by atoms with Gasteiger partial charge in [-0.2, -0.15) is 5.10 Å². The third-order valence-corrected chi connectivity index (χ3v) is 3.48. The van der Waals surface area contributed by atoms with Crippen molar-refractivity contribution >= 4 is 12.0 Å². The lowest BCUT2D eigenvalue weighted by Gasteiger charge is -2.27. The molecular formula is C14H21N5O. The Bertz CT molecular complexity index is 516. The van der Waals surface area contributed by atoms with Gasteiger partial charge in [0.1, 0.15) is 11.9 Å². The van der Waals surface area contributed by atoms with Crippen molar-refractivity contribution in [3.8, 4) is 0 Å². The summed E-state index contributed by atoms with van der Waals surface area (Å²) in [4.78, 5) is 0. The molecule has 4 N–H and O–H groups in total. The van der Waals surface area contributed by atoms with Crippen LogP contribution in [0.1, 0.15) is 29.6 Å². The minimum Gasteiger partial charge on any atom is -0.405 e. The van der Waals surface area contributed by atoms with Crippen molar-refractivity contribution < 1.29 is 4.74 Å². The van der Waals surface area contributed by atoms with E-state index >= 15 is 0 Å². The molecule has 1 saturated heterocycles. The van der Waals surface area contributed by atoms with Gasteiger partial charge < -0.3 is 21.2 Å². The molecule has 0 bridgehead atoms. The largest absolute Gasteiger partial charge is 0.405 e. The first kappa shape index (κ1) is 14.3. The first-order chi connectivity index (χ1) is 9.76. The lowest BCUT2D eigenvalue weighted by Crippen LogP contribution is -2.32. The van der Waals surface area contributed by atoms with Crippen LogP contribution < -0.4 is 11.1 Å². The molecule has 1 atom stereocenters. The molecule has 108 valence electrons. The minimum absolute atomic E-state index is 0.0424. The minimum atomic E-state index is 0.0424. The van der Waals surface area contributed by atoms with Crippen LogP contribution in [0.25, 0.3) is 0 Å². The van der Waals surface area contributed by atoms with Gasteiger partial charge in [0.05, 0.1) is 24.5 Å². The summed E-state index contributed by atoms with van der Waals surface area (Å²) in [5, 5.41) is 15.5. The van der Waals surface area contributed by atoms with Gasteiger partial charge in [-0.3, -0.25) is 0 Å². The molecule has 6 nitrogen and oxygen atoms in total. The number of nitrogens with zero attached hydrogens (tertiary/aromatic N) is 2. The molecule has 1 aromatic heterocycles. The summed E-state index contributed by atoms with van der Waals surface area (Å²) in [6.45, 7) is 5.19. The predicted octanol–water partition coefficient (Wildman–Crippen LogP) is 1.63. The predicted molar refractivity (Wildman–Crippen MR) is 80.4 cm³/mol. The van der Waals surface area contributed by atoms with E-state index in [9.17, 15) is 0 Å². The van der Waals surface area contributed by atoms with E-state index in [1.165, 1.54) is 12.4 Å². The van der Waals surface area contributed by atoms with Gasteiger partial charge in [-0.25, -0.2) is 4.68 Å². The highest BCUT2D eigenvalue weighted by molar-refractivity contribution is 5.86. The first-order valence-corrected chi connectivity index (χ1v) is 6.64. The molecule has 2 heterocycles. The van der Waals surface area contributed by atoms with Crippen molar-refractivity contribution in [1.82, 2.24) is 9.78 Å². The number of hydrogen-bond donors (Lipinski definition) is 3. The van der Waals surface area contributed by atoms with E-state index in [1.807, 2.05) is 23.9 Å². The SMILES string of the molecule is C=C[C@H](C/C=C/N)c1nn(C2COC2)c(NC)c1C=N. The highest BCUT2D eigenvalue weighted by atomic mass is 16.5. The van der Waals surface area contributed by atoms with E-state index in [1.54, 1.807) is 0 Å². The third-order valence-electron chi connectivity index (χ3n) is 3.48. The number of anilines is 1. The molecule has 0 saturated carbocycles. The maximum absolute atomic E-state index is 7.68. The summed E-state index contributed by atoms with van der Waals surface area (Å²) in [5.74, 6) is 0.896. The van der Waals surface area contributed by atoms with E-state index in [-0.39, 0.29) is 12.0 Å². The van der Waals surface area contributed by atoms with E-state index in [4.69, 9.17) is 15.9 Å². The molecule has 0 aliphatic carbocycles. The van der Waals surface area contributed by atoms with Crippen molar-refractivity contribution in [2.24, 2.45) is 5.73 Å². The fourth-order valence-corrected chi connectivity index (χ4v) is 2.30. The summed E-state index contributed by atoms with van der Waals surface area (Å²) >= 11 is 0. The quantitative estimate of drug-likeness (QED) is 0.521. The maximum Gasteiger partial charge on any atom is 0.133 e. The van der Waals surface area contributed by atoms with Gasteiger partial charge in [-0.1, -0.05) is 12.2 Å². The van der Waals surface area contributed by atoms with Crippen LogP contribution >= 0.6 is 0 Å². The van der Waals surface area contributed by atoms with Gasteiger partial charge in [0.15, 0.2) is 0 Å². The molecule has 0 radical (unpaired) electrons. The molecule has 1 aromatic rings. The Kier molecular flexibility index (Phi) is 4.57. The first-order valence-electron chi connectivity index (χ1n) is 6.64. The van der Waals surface area contributed by atoms with Crippen molar-refractivity contribution in [1.29, 1.82) is 5.41 Å². The smallest absolute Gasteiger partial charge is 0.133 e. The van der Waals surface area contributed by atoms with Crippen molar-refractivity contribution in [3.05, 3.63) is 36.2 Å². The fraction of sp³-hybridized carbons (Fsp3) is 0.429. The summed E-state index contributed by atoms with van der Waals surface area (Å²) in [6.07, 6.45) is 7.31. The molecule has 0 spiro atoms. The van der Waals surface area contributed by atoms with E-state index in [2.05, 4.69) is 17.0 Å². The molecule has 0 unspecified atom stereocenters. The zero-order chi connectivity index (χ0) is 14.5. The van der Waals surface area contributed by atoms with Crippen LogP contribution in [-0.4, -0.2) is 36.3 Å². The molecule has 1 aliphatic rings. The van der Waals surface area contributed by atoms with Crippen LogP contribution in [0.5, 0.6) is 0 Å². The molecule has 6 heteroatoms. The topological polar surface area (TPSA) is 88.9 Å². The molecule has 0 amide bonds. The number of hydrogen-bond acceptors (Lipinski definition) is 5. The number of rotatable bonds is 7. The van der Waals surface area contributed by atoms with Crippen LogP contribution in [0.4, 0.5) is 5.82 Å². The van der Waals surface area contributed by atoms with Crippen LogP contribution in [-0.2, 0) is 4.74 Å². The Labute approximate surface area is 118 Å². The average molecular weight is 275 g/mol. The van der Waals surface area contributed by atoms with E-state index in [0.29, 0.717) is 13.2 Å². The van der Waals surface area contributed by atoms with Gasteiger partial charge in [0.25, 0.3) is 0 Å². The second kappa shape index (κ2) is 6.38. The van der Waals surface area contributed by atoms with Gasteiger partial charge >= 0.3 is 0 Å². The zero-order valence-electron chi connectivity index (χ0n) is 11.7. The van der Waals surface area contributed by atoms with Gasteiger partial charge in [0.2, 0.25) is 0 Å². The van der Waals surface area contributed by atoms with Crippen LogP contribution in [0.15, 0.2) is 24.9 Å². The average Bonchev–Trinajstić information content (AvgIpc) is 2.76. The zero-order valence-corrected chi connectivity index (χ0v) is 11.7. The Morgan fingerprint density at radius 1 is 1.65 bits per heavy atom. The highest BCUT2D eigenvalue weighted by Gasteiger charge is 2.28. The van der Waals surface area contributed by atoms with E-state index in [0.717, 1.165) is 23.5 Å². The molecule has 0 aromatic carbocycles.